The maximum absolute atomic E-state index is 11.9. The summed E-state index contributed by atoms with van der Waals surface area (Å²) in [6.07, 6.45) is 0. The number of hydrogen-bond acceptors (Lipinski definition) is 4. The minimum Gasteiger partial charge on any atom is -0.493 e. The number of rotatable bonds is 6. The zero-order valence-electron chi connectivity index (χ0n) is 13.0. The highest BCUT2D eigenvalue weighted by molar-refractivity contribution is 5.93. The van der Waals surface area contributed by atoms with Crippen LogP contribution in [-0.4, -0.2) is 26.7 Å². The summed E-state index contributed by atoms with van der Waals surface area (Å²) in [5, 5.41) is 5.94. The first-order chi connectivity index (χ1) is 10.6. The van der Waals surface area contributed by atoms with Crippen LogP contribution in [0.5, 0.6) is 11.5 Å². The Balaban J connectivity index is 2.00. The van der Waals surface area contributed by atoms with Gasteiger partial charge in [0.05, 0.1) is 20.8 Å². The van der Waals surface area contributed by atoms with Crippen molar-refractivity contribution in [1.29, 1.82) is 0 Å². The van der Waals surface area contributed by atoms with Crippen molar-refractivity contribution in [3.63, 3.8) is 0 Å². The van der Waals surface area contributed by atoms with Crippen molar-refractivity contribution in [2.45, 2.75) is 6.92 Å². The van der Waals surface area contributed by atoms with E-state index in [0.717, 1.165) is 16.9 Å². The highest BCUT2D eigenvalue weighted by atomic mass is 16.5. The Morgan fingerprint density at radius 2 is 1.68 bits per heavy atom. The largest absolute Gasteiger partial charge is 0.493 e. The number of hydrogen-bond donors (Lipinski definition) is 2. The van der Waals surface area contributed by atoms with Gasteiger partial charge in [-0.3, -0.25) is 4.79 Å². The van der Waals surface area contributed by atoms with Gasteiger partial charge in [-0.15, -0.1) is 0 Å². The van der Waals surface area contributed by atoms with Crippen LogP contribution in [0, 0.1) is 6.92 Å². The molecule has 2 aromatic rings. The first kappa shape index (κ1) is 15.7. The van der Waals surface area contributed by atoms with Gasteiger partial charge in [-0.05, 0) is 30.7 Å². The normalized spacial score (nSPS) is 9.95. The van der Waals surface area contributed by atoms with Crippen molar-refractivity contribution in [1.82, 2.24) is 0 Å². The molecule has 5 nitrogen and oxygen atoms in total. The predicted octanol–water partition coefficient (Wildman–Crippen LogP) is 3.06. The fourth-order valence-electron chi connectivity index (χ4n) is 2.07. The van der Waals surface area contributed by atoms with Crippen LogP contribution in [0.2, 0.25) is 0 Å². The van der Waals surface area contributed by atoms with E-state index in [-0.39, 0.29) is 12.5 Å². The topological polar surface area (TPSA) is 59.6 Å². The molecular formula is C17H20N2O3. The molecule has 0 aliphatic heterocycles. The Morgan fingerprint density at radius 3 is 2.32 bits per heavy atom. The Kier molecular flexibility index (Phi) is 5.25. The van der Waals surface area contributed by atoms with Crippen LogP contribution in [0.3, 0.4) is 0 Å². The van der Waals surface area contributed by atoms with E-state index in [0.29, 0.717) is 11.5 Å². The summed E-state index contributed by atoms with van der Waals surface area (Å²) < 4.78 is 10.5. The molecular weight excluding hydrogens is 280 g/mol. The van der Waals surface area contributed by atoms with E-state index in [2.05, 4.69) is 10.6 Å². The summed E-state index contributed by atoms with van der Waals surface area (Å²) >= 11 is 0. The Bertz CT molecular complexity index is 642. The summed E-state index contributed by atoms with van der Waals surface area (Å²) in [6.45, 7) is 2.12. The van der Waals surface area contributed by atoms with E-state index in [4.69, 9.17) is 9.47 Å². The number of carbonyl (C=O) groups excluding carboxylic acids is 1. The van der Waals surface area contributed by atoms with E-state index in [9.17, 15) is 4.79 Å². The lowest BCUT2D eigenvalue weighted by atomic mass is 10.1. The Morgan fingerprint density at radius 1 is 1.05 bits per heavy atom. The van der Waals surface area contributed by atoms with Gasteiger partial charge in [0.25, 0.3) is 0 Å². The second-order valence-electron chi connectivity index (χ2n) is 4.79. The van der Waals surface area contributed by atoms with Crippen LogP contribution >= 0.6 is 0 Å². The van der Waals surface area contributed by atoms with Crippen molar-refractivity contribution < 1.29 is 14.3 Å². The molecule has 116 valence electrons. The monoisotopic (exact) mass is 300 g/mol. The summed E-state index contributed by atoms with van der Waals surface area (Å²) in [5.74, 6) is 1.18. The van der Waals surface area contributed by atoms with Crippen LogP contribution in [-0.2, 0) is 4.79 Å². The van der Waals surface area contributed by atoms with Gasteiger partial charge in [0.15, 0.2) is 11.5 Å². The summed E-state index contributed by atoms with van der Waals surface area (Å²) in [5.41, 5.74) is 2.59. The molecule has 0 radical (unpaired) electrons. The third-order valence-electron chi connectivity index (χ3n) is 3.23. The van der Waals surface area contributed by atoms with Gasteiger partial charge in [0.1, 0.15) is 0 Å². The van der Waals surface area contributed by atoms with Crippen molar-refractivity contribution in [3.8, 4) is 11.5 Å². The van der Waals surface area contributed by atoms with Crippen LogP contribution in [0.25, 0.3) is 0 Å². The van der Waals surface area contributed by atoms with Crippen molar-refractivity contribution in [3.05, 3.63) is 48.0 Å². The second kappa shape index (κ2) is 7.36. The number of aryl methyl sites for hydroxylation is 1. The van der Waals surface area contributed by atoms with E-state index >= 15 is 0 Å². The SMILES string of the molecule is COc1cc(C)c(NCC(=O)Nc2ccccc2)cc1OC. The standard InChI is InChI=1S/C17H20N2O3/c1-12-9-15(21-2)16(22-3)10-14(12)18-11-17(20)19-13-7-5-4-6-8-13/h4-10,18H,11H2,1-3H3,(H,19,20). The number of ether oxygens (including phenoxy) is 2. The molecule has 0 aliphatic carbocycles. The molecule has 22 heavy (non-hydrogen) atoms. The maximum Gasteiger partial charge on any atom is 0.243 e. The summed E-state index contributed by atoms with van der Waals surface area (Å²) in [6, 6.07) is 13.0. The summed E-state index contributed by atoms with van der Waals surface area (Å²) in [4.78, 5) is 11.9. The van der Waals surface area contributed by atoms with Crippen molar-refractivity contribution in [2.24, 2.45) is 0 Å². The van der Waals surface area contributed by atoms with Gasteiger partial charge in [0.2, 0.25) is 5.91 Å². The van der Waals surface area contributed by atoms with Gasteiger partial charge in [0, 0.05) is 17.4 Å². The average Bonchev–Trinajstić information content (AvgIpc) is 2.54. The summed E-state index contributed by atoms with van der Waals surface area (Å²) in [7, 11) is 3.18. The van der Waals surface area contributed by atoms with E-state index < -0.39 is 0 Å². The molecule has 0 unspecified atom stereocenters. The van der Waals surface area contributed by atoms with E-state index in [1.165, 1.54) is 0 Å². The molecule has 5 heteroatoms. The Hall–Kier alpha value is -2.69. The molecule has 0 aliphatic rings. The van der Waals surface area contributed by atoms with E-state index in [1.54, 1.807) is 14.2 Å². The zero-order valence-corrected chi connectivity index (χ0v) is 13.0. The number of methoxy groups -OCH3 is 2. The van der Waals surface area contributed by atoms with Gasteiger partial charge in [-0.25, -0.2) is 0 Å². The fourth-order valence-corrected chi connectivity index (χ4v) is 2.07. The van der Waals surface area contributed by atoms with Gasteiger partial charge >= 0.3 is 0 Å². The molecule has 0 saturated carbocycles. The lowest BCUT2D eigenvalue weighted by Crippen LogP contribution is -2.22. The van der Waals surface area contributed by atoms with Gasteiger partial charge in [-0.1, -0.05) is 18.2 Å². The molecule has 2 N–H and O–H groups in total. The highest BCUT2D eigenvalue weighted by Crippen LogP contribution is 2.32. The number of carbonyl (C=O) groups is 1. The molecule has 0 atom stereocenters. The molecule has 0 saturated heterocycles. The Labute approximate surface area is 130 Å². The molecule has 0 fully saturated rings. The number of anilines is 2. The van der Waals surface area contributed by atoms with Crippen LogP contribution in [0.1, 0.15) is 5.56 Å². The first-order valence-electron chi connectivity index (χ1n) is 6.95. The average molecular weight is 300 g/mol. The van der Waals surface area contributed by atoms with Crippen molar-refractivity contribution >= 4 is 17.3 Å². The molecule has 1 amide bonds. The lowest BCUT2D eigenvalue weighted by molar-refractivity contribution is -0.114. The second-order valence-corrected chi connectivity index (χ2v) is 4.79. The number of para-hydroxylation sites is 1. The molecule has 2 aromatic carbocycles. The quantitative estimate of drug-likeness (QED) is 0.861. The fraction of sp³-hybridized carbons (Fsp3) is 0.235. The first-order valence-corrected chi connectivity index (χ1v) is 6.95. The molecule has 2 rings (SSSR count). The van der Waals surface area contributed by atoms with Gasteiger partial charge in [-0.2, -0.15) is 0 Å². The third kappa shape index (κ3) is 3.91. The van der Waals surface area contributed by atoms with Crippen LogP contribution in [0.4, 0.5) is 11.4 Å². The molecule has 0 heterocycles. The van der Waals surface area contributed by atoms with Crippen LogP contribution < -0.4 is 20.1 Å². The minimum atomic E-state index is -0.111. The van der Waals surface area contributed by atoms with Gasteiger partial charge < -0.3 is 20.1 Å². The number of benzene rings is 2. The molecule has 0 aromatic heterocycles. The number of amides is 1. The van der Waals surface area contributed by atoms with Crippen molar-refractivity contribution in [2.75, 3.05) is 31.4 Å². The predicted molar refractivity (Wildman–Crippen MR) is 87.8 cm³/mol. The third-order valence-corrected chi connectivity index (χ3v) is 3.23. The lowest BCUT2D eigenvalue weighted by Gasteiger charge is -2.14. The minimum absolute atomic E-state index is 0.111. The maximum atomic E-state index is 11.9. The highest BCUT2D eigenvalue weighted by Gasteiger charge is 2.09. The smallest absolute Gasteiger partial charge is 0.243 e. The molecule has 0 bridgehead atoms. The van der Waals surface area contributed by atoms with Crippen LogP contribution in [0.15, 0.2) is 42.5 Å². The molecule has 0 spiro atoms. The number of nitrogens with one attached hydrogen (secondary N) is 2. The zero-order chi connectivity index (χ0) is 15.9. The van der Waals surface area contributed by atoms with E-state index in [1.807, 2.05) is 49.4 Å².